The molecule has 0 saturated carbocycles. The quantitative estimate of drug-likeness (QED) is 0.565. The molecule has 2 aromatic carbocycles. The van der Waals surface area contributed by atoms with Crippen molar-refractivity contribution in [3.05, 3.63) is 40.7 Å². The summed E-state index contributed by atoms with van der Waals surface area (Å²) in [6.07, 6.45) is 0. The fourth-order valence-electron chi connectivity index (χ4n) is 2.75. The minimum absolute atomic E-state index is 0.0265. The average molecular weight is 400 g/mol. The zero-order chi connectivity index (χ0) is 19.1. The van der Waals surface area contributed by atoms with Gasteiger partial charge < -0.3 is 10.1 Å². The number of benzene rings is 2. The molecule has 0 aliphatic carbocycles. The third-order valence-corrected chi connectivity index (χ3v) is 5.35. The molecule has 2 heterocycles. The summed E-state index contributed by atoms with van der Waals surface area (Å²) >= 11 is 7.82. The molecule has 27 heavy (non-hydrogen) atoms. The fraction of sp³-hybridized carbons (Fsp3) is 0.167. The van der Waals surface area contributed by atoms with E-state index in [-0.39, 0.29) is 11.7 Å². The highest BCUT2D eigenvalue weighted by atomic mass is 35.5. The molecule has 0 unspecified atom stereocenters. The number of thiazole rings is 1. The first-order valence-corrected chi connectivity index (χ1v) is 9.21. The van der Waals surface area contributed by atoms with Gasteiger partial charge in [-0.1, -0.05) is 11.6 Å². The van der Waals surface area contributed by atoms with Crippen molar-refractivity contribution in [1.82, 2.24) is 25.5 Å². The molecule has 7 nitrogen and oxygen atoms in total. The van der Waals surface area contributed by atoms with Gasteiger partial charge in [-0.15, -0.1) is 21.5 Å². The van der Waals surface area contributed by atoms with E-state index in [0.717, 1.165) is 20.8 Å². The lowest BCUT2D eigenvalue weighted by Gasteiger charge is -2.05. The van der Waals surface area contributed by atoms with Crippen LogP contribution in [0.25, 0.3) is 31.8 Å². The number of ether oxygens (including phenoxy) is 1. The van der Waals surface area contributed by atoms with Gasteiger partial charge in [-0.3, -0.25) is 4.79 Å². The normalized spacial score (nSPS) is 11.1. The predicted molar refractivity (Wildman–Crippen MR) is 106 cm³/mol. The SMILES string of the molecule is CNC(=O)c1nnc2c(-c3nc4c(Cl)cc(OC)cc4s3)cc(C)cc2n1. The van der Waals surface area contributed by atoms with Gasteiger partial charge in [0.1, 0.15) is 21.8 Å². The molecule has 0 bridgehead atoms. The monoisotopic (exact) mass is 399 g/mol. The first-order chi connectivity index (χ1) is 13.0. The highest BCUT2D eigenvalue weighted by molar-refractivity contribution is 7.21. The molecule has 0 spiro atoms. The van der Waals surface area contributed by atoms with Crippen LogP contribution in [0.3, 0.4) is 0 Å². The number of nitrogens with zero attached hydrogens (tertiary/aromatic N) is 4. The van der Waals surface area contributed by atoms with Gasteiger partial charge in [0.25, 0.3) is 5.91 Å². The van der Waals surface area contributed by atoms with Gasteiger partial charge in [-0.05, 0) is 30.7 Å². The van der Waals surface area contributed by atoms with Crippen LogP contribution in [0.2, 0.25) is 5.02 Å². The van der Waals surface area contributed by atoms with Crippen molar-refractivity contribution in [3.63, 3.8) is 0 Å². The number of rotatable bonds is 3. The Morgan fingerprint density at radius 3 is 2.70 bits per heavy atom. The topological polar surface area (TPSA) is 89.9 Å². The van der Waals surface area contributed by atoms with E-state index >= 15 is 0 Å². The second kappa shape index (κ2) is 6.71. The summed E-state index contributed by atoms with van der Waals surface area (Å²) in [5.41, 5.74) is 3.64. The summed E-state index contributed by atoms with van der Waals surface area (Å²) in [5.74, 6) is 0.318. The Bertz CT molecular complexity index is 1210. The Morgan fingerprint density at radius 1 is 1.15 bits per heavy atom. The van der Waals surface area contributed by atoms with E-state index in [9.17, 15) is 4.79 Å². The summed E-state index contributed by atoms with van der Waals surface area (Å²) in [5, 5.41) is 12.0. The van der Waals surface area contributed by atoms with Crippen molar-refractivity contribution in [2.24, 2.45) is 0 Å². The molecule has 0 aliphatic heterocycles. The van der Waals surface area contributed by atoms with Crippen LogP contribution >= 0.6 is 22.9 Å². The second-order valence-electron chi connectivity index (χ2n) is 5.87. The predicted octanol–water partition coefficient (Wildman–Crippen LogP) is 3.63. The number of amides is 1. The fourth-order valence-corrected chi connectivity index (χ4v) is 4.10. The molecule has 1 N–H and O–H groups in total. The van der Waals surface area contributed by atoms with Crippen molar-refractivity contribution in [3.8, 4) is 16.3 Å². The third-order valence-electron chi connectivity index (χ3n) is 4.02. The number of methoxy groups -OCH3 is 1. The van der Waals surface area contributed by atoms with Crippen LogP contribution in [-0.4, -0.2) is 40.2 Å². The maximum atomic E-state index is 11.8. The first kappa shape index (κ1) is 17.6. The molecule has 2 aromatic heterocycles. The van der Waals surface area contributed by atoms with Crippen LogP contribution in [0.1, 0.15) is 16.2 Å². The molecule has 0 radical (unpaired) electrons. The molecular weight excluding hydrogens is 386 g/mol. The summed E-state index contributed by atoms with van der Waals surface area (Å²) in [7, 11) is 3.12. The van der Waals surface area contributed by atoms with Crippen LogP contribution < -0.4 is 10.1 Å². The summed E-state index contributed by atoms with van der Waals surface area (Å²) < 4.78 is 6.19. The minimum atomic E-state index is -0.383. The van der Waals surface area contributed by atoms with Gasteiger partial charge in [0.15, 0.2) is 0 Å². The molecule has 136 valence electrons. The Hall–Kier alpha value is -2.84. The van der Waals surface area contributed by atoms with Crippen LogP contribution in [-0.2, 0) is 0 Å². The van der Waals surface area contributed by atoms with Gasteiger partial charge in [-0.2, -0.15) is 0 Å². The number of aromatic nitrogens is 4. The lowest BCUT2D eigenvalue weighted by Crippen LogP contribution is -2.21. The summed E-state index contributed by atoms with van der Waals surface area (Å²) in [4.78, 5) is 20.8. The van der Waals surface area contributed by atoms with Crippen LogP contribution in [0.4, 0.5) is 0 Å². The molecular formula is C18H14ClN5O2S. The Balaban J connectivity index is 1.94. The number of carbonyl (C=O) groups excluding carboxylic acids is 1. The van der Waals surface area contributed by atoms with Crippen molar-refractivity contribution in [2.45, 2.75) is 6.92 Å². The van der Waals surface area contributed by atoms with Crippen LogP contribution in [0, 0.1) is 6.92 Å². The molecule has 4 rings (SSSR count). The lowest BCUT2D eigenvalue weighted by atomic mass is 10.1. The number of hydrogen-bond acceptors (Lipinski definition) is 7. The van der Waals surface area contributed by atoms with E-state index in [2.05, 4.69) is 25.5 Å². The highest BCUT2D eigenvalue weighted by Crippen LogP contribution is 2.38. The minimum Gasteiger partial charge on any atom is -0.497 e. The third kappa shape index (κ3) is 3.07. The second-order valence-corrected chi connectivity index (χ2v) is 7.31. The zero-order valence-electron chi connectivity index (χ0n) is 14.7. The molecule has 1 amide bonds. The zero-order valence-corrected chi connectivity index (χ0v) is 16.3. The van der Waals surface area contributed by atoms with Gasteiger partial charge >= 0.3 is 0 Å². The van der Waals surface area contributed by atoms with E-state index in [1.165, 1.54) is 18.4 Å². The molecule has 0 saturated heterocycles. The Labute approximate surface area is 163 Å². The first-order valence-electron chi connectivity index (χ1n) is 8.01. The molecule has 4 aromatic rings. The van der Waals surface area contributed by atoms with Crippen molar-refractivity contribution in [2.75, 3.05) is 14.2 Å². The number of fused-ring (bicyclic) bond motifs is 2. The number of halogens is 1. The van der Waals surface area contributed by atoms with E-state index in [1.807, 2.05) is 25.1 Å². The number of hydrogen-bond donors (Lipinski definition) is 1. The van der Waals surface area contributed by atoms with Gasteiger partial charge in [-0.25, -0.2) is 9.97 Å². The number of nitrogens with one attached hydrogen (secondary N) is 1. The summed E-state index contributed by atoms with van der Waals surface area (Å²) in [6.45, 7) is 1.95. The lowest BCUT2D eigenvalue weighted by molar-refractivity contribution is 0.0952. The Kier molecular flexibility index (Phi) is 4.37. The van der Waals surface area contributed by atoms with Crippen molar-refractivity contribution >= 4 is 50.1 Å². The largest absolute Gasteiger partial charge is 0.497 e. The molecule has 0 atom stereocenters. The van der Waals surface area contributed by atoms with Gasteiger partial charge in [0.2, 0.25) is 5.82 Å². The van der Waals surface area contributed by atoms with E-state index in [1.54, 1.807) is 13.2 Å². The maximum absolute atomic E-state index is 11.8. The maximum Gasteiger partial charge on any atom is 0.290 e. The van der Waals surface area contributed by atoms with E-state index in [0.29, 0.717) is 27.3 Å². The number of aryl methyl sites for hydroxylation is 1. The molecule has 0 aliphatic rings. The highest BCUT2D eigenvalue weighted by Gasteiger charge is 2.17. The van der Waals surface area contributed by atoms with Crippen LogP contribution in [0.15, 0.2) is 24.3 Å². The Morgan fingerprint density at radius 2 is 1.96 bits per heavy atom. The van der Waals surface area contributed by atoms with Gasteiger partial charge in [0.05, 0.1) is 22.3 Å². The molecule has 0 fully saturated rings. The van der Waals surface area contributed by atoms with Crippen molar-refractivity contribution < 1.29 is 9.53 Å². The van der Waals surface area contributed by atoms with Crippen LogP contribution in [0.5, 0.6) is 5.75 Å². The van der Waals surface area contributed by atoms with Crippen molar-refractivity contribution in [1.29, 1.82) is 0 Å². The average Bonchev–Trinajstić information content (AvgIpc) is 3.10. The molecule has 9 heteroatoms. The van der Waals surface area contributed by atoms with E-state index < -0.39 is 0 Å². The van der Waals surface area contributed by atoms with Gasteiger partial charge in [0, 0.05) is 18.7 Å². The standard InChI is InChI=1S/C18H14ClN5O2S/c1-8-4-10(14-12(5-8)21-16(24-23-14)17(25)20-2)18-22-15-11(19)6-9(26-3)7-13(15)27-18/h4-7H,1-3H3,(H,20,25). The smallest absolute Gasteiger partial charge is 0.290 e. The van der Waals surface area contributed by atoms with E-state index in [4.69, 9.17) is 16.3 Å². The summed E-state index contributed by atoms with van der Waals surface area (Å²) in [6, 6.07) is 7.47. The number of carbonyl (C=O) groups is 1.